The molecular weight excluding hydrogens is 475 g/mol. The van der Waals surface area contributed by atoms with Crippen LogP contribution < -0.4 is 15.4 Å². The highest BCUT2D eigenvalue weighted by molar-refractivity contribution is 5.98. The summed E-state index contributed by atoms with van der Waals surface area (Å²) in [6.07, 6.45) is -1.83. The number of hydrogen-bond donors (Lipinski definition) is 2. The molecule has 0 radical (unpaired) electrons. The Morgan fingerprint density at radius 2 is 1.94 bits per heavy atom. The molecule has 0 bridgehead atoms. The number of amides is 2. The zero-order chi connectivity index (χ0) is 25.7. The minimum atomic E-state index is -4.45. The van der Waals surface area contributed by atoms with Crippen LogP contribution in [0.15, 0.2) is 60.8 Å². The van der Waals surface area contributed by atoms with E-state index in [1.165, 1.54) is 18.1 Å². The summed E-state index contributed by atoms with van der Waals surface area (Å²) in [6.45, 7) is 0.454. The fraction of sp³-hybridized carbons (Fsp3) is 0.280. The number of rotatable bonds is 7. The quantitative estimate of drug-likeness (QED) is 0.507. The van der Waals surface area contributed by atoms with E-state index < -0.39 is 23.7 Å². The normalized spacial score (nSPS) is 15.9. The molecule has 0 saturated carbocycles. The predicted octanol–water partition coefficient (Wildman–Crippen LogP) is 4.17. The molecule has 3 aromatic rings. The largest absolute Gasteiger partial charge is 0.481 e. The Labute approximate surface area is 205 Å². The minimum Gasteiger partial charge on any atom is -0.481 e. The number of anilines is 2. The Morgan fingerprint density at radius 1 is 1.17 bits per heavy atom. The summed E-state index contributed by atoms with van der Waals surface area (Å²) >= 11 is 0. The molecule has 188 valence electrons. The van der Waals surface area contributed by atoms with Gasteiger partial charge in [0.25, 0.3) is 5.91 Å². The van der Waals surface area contributed by atoms with Gasteiger partial charge in [-0.25, -0.2) is 4.98 Å². The van der Waals surface area contributed by atoms with Gasteiger partial charge in [0.2, 0.25) is 17.7 Å². The SMILES string of the molecule is COc1ccnc(Nc2ccc(C(=O)NC3CCCN(Cc4cccc(C(F)(F)F)c4)C3=O)cc2)n1. The molecule has 4 rings (SSSR count). The number of benzene rings is 2. The van der Waals surface area contributed by atoms with Gasteiger partial charge in [0.15, 0.2) is 0 Å². The van der Waals surface area contributed by atoms with Crippen LogP contribution >= 0.6 is 0 Å². The van der Waals surface area contributed by atoms with Gasteiger partial charge in [-0.15, -0.1) is 0 Å². The molecule has 8 nitrogen and oxygen atoms in total. The first kappa shape index (κ1) is 25.0. The molecule has 1 unspecified atom stereocenters. The van der Waals surface area contributed by atoms with Crippen molar-refractivity contribution in [2.24, 2.45) is 0 Å². The maximum absolute atomic E-state index is 13.0. The fourth-order valence-electron chi connectivity index (χ4n) is 3.89. The predicted molar refractivity (Wildman–Crippen MR) is 126 cm³/mol. The van der Waals surface area contributed by atoms with E-state index in [1.54, 1.807) is 42.6 Å². The number of methoxy groups -OCH3 is 1. The van der Waals surface area contributed by atoms with E-state index in [1.807, 2.05) is 0 Å². The third kappa shape index (κ3) is 6.09. The molecule has 1 saturated heterocycles. The Balaban J connectivity index is 1.37. The molecule has 1 atom stereocenters. The van der Waals surface area contributed by atoms with E-state index >= 15 is 0 Å². The highest BCUT2D eigenvalue weighted by Crippen LogP contribution is 2.30. The summed E-state index contributed by atoms with van der Waals surface area (Å²) in [5, 5.41) is 5.76. The second-order valence-corrected chi connectivity index (χ2v) is 8.25. The maximum Gasteiger partial charge on any atom is 0.416 e. The number of alkyl halides is 3. The van der Waals surface area contributed by atoms with Crippen LogP contribution in [0.1, 0.15) is 34.3 Å². The van der Waals surface area contributed by atoms with E-state index in [0.717, 1.165) is 12.1 Å². The number of aromatic nitrogens is 2. The zero-order valence-corrected chi connectivity index (χ0v) is 19.4. The molecule has 1 aromatic heterocycles. The van der Waals surface area contributed by atoms with Crippen LogP contribution in [0.3, 0.4) is 0 Å². The number of halogens is 3. The number of nitrogens with one attached hydrogen (secondary N) is 2. The van der Waals surface area contributed by atoms with E-state index in [0.29, 0.717) is 48.0 Å². The first-order valence-electron chi connectivity index (χ1n) is 11.2. The van der Waals surface area contributed by atoms with Gasteiger partial charge in [0.1, 0.15) is 6.04 Å². The molecule has 2 heterocycles. The summed E-state index contributed by atoms with van der Waals surface area (Å²) in [7, 11) is 1.50. The summed E-state index contributed by atoms with van der Waals surface area (Å²) in [5.74, 6) is 0.00175. The number of nitrogens with zero attached hydrogens (tertiary/aromatic N) is 3. The molecule has 0 spiro atoms. The van der Waals surface area contributed by atoms with Gasteiger partial charge in [-0.05, 0) is 54.8 Å². The van der Waals surface area contributed by atoms with Gasteiger partial charge in [-0.3, -0.25) is 9.59 Å². The molecule has 1 fully saturated rings. The third-order valence-electron chi connectivity index (χ3n) is 5.71. The molecule has 0 aliphatic carbocycles. The van der Waals surface area contributed by atoms with E-state index in [-0.39, 0.29) is 12.5 Å². The van der Waals surface area contributed by atoms with Crippen molar-refractivity contribution in [1.29, 1.82) is 0 Å². The second kappa shape index (κ2) is 10.6. The number of likely N-dealkylation sites (tertiary alicyclic amines) is 1. The lowest BCUT2D eigenvalue weighted by Gasteiger charge is -2.33. The minimum absolute atomic E-state index is 0.0435. The van der Waals surface area contributed by atoms with Gasteiger partial charge in [-0.2, -0.15) is 18.2 Å². The molecular formula is C25H24F3N5O3. The van der Waals surface area contributed by atoms with Crippen LogP contribution in [0, 0.1) is 0 Å². The Hall–Kier alpha value is -4.15. The van der Waals surface area contributed by atoms with Gasteiger partial charge < -0.3 is 20.3 Å². The summed E-state index contributed by atoms with van der Waals surface area (Å²) < 4.78 is 44.1. The maximum atomic E-state index is 13.0. The molecule has 2 aromatic carbocycles. The number of piperidine rings is 1. The molecule has 2 N–H and O–H groups in total. The van der Waals surface area contributed by atoms with Crippen LogP contribution in [-0.4, -0.2) is 46.4 Å². The second-order valence-electron chi connectivity index (χ2n) is 8.25. The van der Waals surface area contributed by atoms with Crippen LogP contribution in [0.5, 0.6) is 5.88 Å². The number of hydrogen-bond acceptors (Lipinski definition) is 6. The Morgan fingerprint density at radius 3 is 2.67 bits per heavy atom. The number of carbonyl (C=O) groups is 2. The van der Waals surface area contributed by atoms with Crippen molar-refractivity contribution in [2.75, 3.05) is 19.0 Å². The molecule has 2 amide bonds. The summed E-state index contributed by atoms with van der Waals surface area (Å²) in [5.41, 5.74) is 0.634. The summed E-state index contributed by atoms with van der Waals surface area (Å²) in [6, 6.07) is 12.3. The van der Waals surface area contributed by atoms with E-state index in [9.17, 15) is 22.8 Å². The van der Waals surface area contributed by atoms with Crippen molar-refractivity contribution in [1.82, 2.24) is 20.2 Å². The van der Waals surface area contributed by atoms with Crippen molar-refractivity contribution >= 4 is 23.5 Å². The number of carbonyl (C=O) groups excluding carboxylic acids is 2. The standard InChI is InChI=1S/C25H24F3N5O3/c1-36-21-11-12-29-24(32-21)30-19-9-7-17(8-10-19)22(34)31-20-6-3-13-33(23(20)35)15-16-4-2-5-18(14-16)25(26,27)28/h2,4-5,7-12,14,20H,3,6,13,15H2,1H3,(H,31,34)(H,29,30,32). The Kier molecular flexibility index (Phi) is 7.37. The van der Waals surface area contributed by atoms with Gasteiger partial charge in [0, 0.05) is 36.6 Å². The van der Waals surface area contributed by atoms with Crippen molar-refractivity contribution in [3.63, 3.8) is 0 Å². The monoisotopic (exact) mass is 499 g/mol. The van der Waals surface area contributed by atoms with Crippen molar-refractivity contribution in [3.05, 3.63) is 77.5 Å². The first-order chi connectivity index (χ1) is 17.2. The highest BCUT2D eigenvalue weighted by atomic mass is 19.4. The molecule has 11 heteroatoms. The van der Waals surface area contributed by atoms with E-state index in [2.05, 4.69) is 20.6 Å². The lowest BCUT2D eigenvalue weighted by atomic mass is 10.0. The van der Waals surface area contributed by atoms with Crippen LogP contribution in [0.25, 0.3) is 0 Å². The topological polar surface area (TPSA) is 96.5 Å². The lowest BCUT2D eigenvalue weighted by Crippen LogP contribution is -2.51. The van der Waals surface area contributed by atoms with Crippen LogP contribution in [-0.2, 0) is 17.5 Å². The molecule has 36 heavy (non-hydrogen) atoms. The van der Waals surface area contributed by atoms with Crippen LogP contribution in [0.4, 0.5) is 24.8 Å². The van der Waals surface area contributed by atoms with Crippen molar-refractivity contribution in [3.8, 4) is 5.88 Å². The van der Waals surface area contributed by atoms with Crippen molar-refractivity contribution in [2.45, 2.75) is 31.6 Å². The zero-order valence-electron chi connectivity index (χ0n) is 19.4. The average molecular weight is 499 g/mol. The lowest BCUT2D eigenvalue weighted by molar-refractivity contribution is -0.137. The van der Waals surface area contributed by atoms with Crippen molar-refractivity contribution < 1.29 is 27.5 Å². The average Bonchev–Trinajstić information content (AvgIpc) is 2.86. The third-order valence-corrected chi connectivity index (χ3v) is 5.71. The van der Waals surface area contributed by atoms with Gasteiger partial charge in [0.05, 0.1) is 12.7 Å². The highest BCUT2D eigenvalue weighted by Gasteiger charge is 2.32. The Bertz CT molecular complexity index is 1230. The molecule has 1 aliphatic heterocycles. The van der Waals surface area contributed by atoms with E-state index in [4.69, 9.17) is 4.74 Å². The number of ether oxygens (including phenoxy) is 1. The van der Waals surface area contributed by atoms with Crippen LogP contribution in [0.2, 0.25) is 0 Å². The first-order valence-corrected chi connectivity index (χ1v) is 11.2. The van der Waals surface area contributed by atoms with Gasteiger partial charge >= 0.3 is 6.18 Å². The molecule has 1 aliphatic rings. The smallest absolute Gasteiger partial charge is 0.416 e. The van der Waals surface area contributed by atoms with Gasteiger partial charge in [-0.1, -0.05) is 12.1 Å². The fourth-order valence-corrected chi connectivity index (χ4v) is 3.89. The summed E-state index contributed by atoms with van der Waals surface area (Å²) in [4.78, 5) is 35.4.